The molecule has 1 heterocycles. The Morgan fingerprint density at radius 3 is 2.35 bits per heavy atom. The predicted octanol–water partition coefficient (Wildman–Crippen LogP) is -3.15. The zero-order valence-electron chi connectivity index (χ0n) is 9.53. The fourth-order valence-electron chi connectivity index (χ4n) is 1.53. The molecule has 0 bridgehead atoms. The maximum absolute atomic E-state index is 10.7. The Bertz CT molecular complexity index is 450. The second-order valence-electron chi connectivity index (χ2n) is 3.84. The molecule has 0 aliphatic carbocycles. The normalized spacial score (nSPS) is 40.0. The molecule has 14 heteroatoms. The fraction of sp³-hybridized carbons (Fsp3) is 1.00. The second kappa shape index (κ2) is 5.89. The van der Waals surface area contributed by atoms with E-state index in [0.29, 0.717) is 0 Å². The van der Waals surface area contributed by atoms with Crippen LogP contribution in [0.5, 0.6) is 0 Å². The number of hydrogen-bond acceptors (Lipinski definition) is 9. The molecule has 1 aliphatic heterocycles. The van der Waals surface area contributed by atoms with Crippen LogP contribution >= 0.6 is 7.82 Å². The lowest BCUT2D eigenvalue weighted by atomic mass is 9.97. The summed E-state index contributed by atoms with van der Waals surface area (Å²) in [4.78, 5) is 19.3. The van der Waals surface area contributed by atoms with Gasteiger partial charge in [-0.1, -0.05) is 5.11 Å². The topological polar surface area (TPSA) is 226 Å². The monoisotopic (exact) mass is 317 g/mol. The molecule has 1 fully saturated rings. The summed E-state index contributed by atoms with van der Waals surface area (Å²) in [7, 11) is -5.37. The third-order valence-electron chi connectivity index (χ3n) is 2.40. The number of azide groups is 1. The lowest BCUT2D eigenvalue weighted by Gasteiger charge is -2.45. The first-order valence-electron chi connectivity index (χ1n) is 4.95. The highest BCUT2D eigenvalue weighted by Crippen LogP contribution is 2.45. The highest BCUT2D eigenvalue weighted by Gasteiger charge is 2.58. The van der Waals surface area contributed by atoms with Crippen LogP contribution in [-0.2, 0) is 13.8 Å². The molecule has 1 saturated heterocycles. The van der Waals surface area contributed by atoms with Crippen LogP contribution in [0.4, 0.5) is 0 Å². The van der Waals surface area contributed by atoms with E-state index in [2.05, 4.69) is 19.3 Å². The summed E-state index contributed by atoms with van der Waals surface area (Å²) in [5.41, 5.74) is 8.12. The van der Waals surface area contributed by atoms with Crippen molar-refractivity contribution in [1.29, 1.82) is 0 Å². The van der Waals surface area contributed by atoms with Gasteiger partial charge in [-0.15, -0.1) is 0 Å². The van der Waals surface area contributed by atoms with Crippen molar-refractivity contribution in [2.24, 2.45) is 5.11 Å². The Kier molecular flexibility index (Phi) is 5.08. The maximum Gasteiger partial charge on any atom is 0.474 e. The molecule has 1 unspecified atom stereocenters. The molecule has 20 heavy (non-hydrogen) atoms. The standard InChI is InChI=1S/C6H12N3O10P/c7-9-8-5(13)3-1(10)2(11)4(12)6(14,18-3)19-20(15,16)17/h1-5,10-14H,(H2,15,16,17)/t1-,2+,3+,4-,5?,6+/m1/s1. The van der Waals surface area contributed by atoms with E-state index in [9.17, 15) is 30.1 Å². The SMILES string of the molecule is [N-]=[N+]=NC(O)[C@H]1O[C@](O)(OP(=O)(O)O)[C@H](O)[C@@H](O)[C@H]1O. The Morgan fingerprint density at radius 1 is 1.35 bits per heavy atom. The van der Waals surface area contributed by atoms with Gasteiger partial charge in [-0.05, 0) is 5.53 Å². The van der Waals surface area contributed by atoms with E-state index in [-0.39, 0.29) is 0 Å². The molecular weight excluding hydrogens is 305 g/mol. The molecular formula is C6H12N3O10P. The summed E-state index contributed by atoms with van der Waals surface area (Å²) in [6.07, 6.45) is -10.9. The van der Waals surface area contributed by atoms with Gasteiger partial charge in [0.25, 0.3) is 0 Å². The maximum atomic E-state index is 10.7. The fourth-order valence-corrected chi connectivity index (χ4v) is 2.02. The van der Waals surface area contributed by atoms with Crippen molar-refractivity contribution in [3.63, 3.8) is 0 Å². The molecule has 6 atom stereocenters. The van der Waals surface area contributed by atoms with Crippen molar-refractivity contribution < 1.29 is 49.1 Å². The molecule has 0 aromatic heterocycles. The molecule has 0 amide bonds. The molecule has 0 saturated carbocycles. The highest BCUT2D eigenvalue weighted by molar-refractivity contribution is 7.46. The average Bonchev–Trinajstić information content (AvgIpc) is 2.30. The first-order valence-corrected chi connectivity index (χ1v) is 6.48. The largest absolute Gasteiger partial charge is 0.474 e. The Labute approximate surface area is 110 Å². The van der Waals surface area contributed by atoms with Crippen LogP contribution in [0, 0.1) is 0 Å². The quantitative estimate of drug-likeness (QED) is 0.0905. The third-order valence-corrected chi connectivity index (χ3v) is 2.90. The lowest BCUT2D eigenvalue weighted by Crippen LogP contribution is -2.67. The first-order chi connectivity index (χ1) is 9.02. The van der Waals surface area contributed by atoms with E-state index in [0.717, 1.165) is 0 Å². The second-order valence-corrected chi connectivity index (χ2v) is 5.00. The van der Waals surface area contributed by atoms with Gasteiger partial charge in [0, 0.05) is 4.91 Å². The Balaban J connectivity index is 3.08. The number of aliphatic hydroxyl groups is 5. The van der Waals surface area contributed by atoms with Gasteiger partial charge in [0.2, 0.25) is 0 Å². The zero-order valence-corrected chi connectivity index (χ0v) is 10.4. The summed E-state index contributed by atoms with van der Waals surface area (Å²) < 4.78 is 18.9. The van der Waals surface area contributed by atoms with Crippen LogP contribution in [0.1, 0.15) is 0 Å². The first kappa shape index (κ1) is 17.2. The van der Waals surface area contributed by atoms with Gasteiger partial charge >= 0.3 is 13.8 Å². The van der Waals surface area contributed by atoms with Crippen LogP contribution in [0.25, 0.3) is 10.4 Å². The van der Waals surface area contributed by atoms with Crippen LogP contribution in [0.2, 0.25) is 0 Å². The van der Waals surface area contributed by atoms with Crippen molar-refractivity contribution in [2.75, 3.05) is 0 Å². The van der Waals surface area contributed by atoms with E-state index < -0.39 is 44.4 Å². The smallest absolute Gasteiger partial charge is 0.387 e. The van der Waals surface area contributed by atoms with E-state index in [4.69, 9.17) is 15.3 Å². The summed E-state index contributed by atoms with van der Waals surface area (Å²) in [5, 5.41) is 50.1. The number of phosphoric acid groups is 1. The van der Waals surface area contributed by atoms with Gasteiger partial charge in [0.15, 0.2) is 12.3 Å². The van der Waals surface area contributed by atoms with E-state index in [1.165, 1.54) is 0 Å². The van der Waals surface area contributed by atoms with Crippen LogP contribution in [-0.4, -0.2) is 71.9 Å². The molecule has 0 radical (unpaired) electrons. The van der Waals surface area contributed by atoms with Crippen molar-refractivity contribution >= 4 is 7.82 Å². The van der Waals surface area contributed by atoms with Crippen LogP contribution in [0.15, 0.2) is 5.11 Å². The van der Waals surface area contributed by atoms with E-state index >= 15 is 0 Å². The summed E-state index contributed by atoms with van der Waals surface area (Å²) >= 11 is 0. The van der Waals surface area contributed by atoms with Crippen LogP contribution in [0.3, 0.4) is 0 Å². The molecule has 13 nitrogen and oxygen atoms in total. The van der Waals surface area contributed by atoms with Gasteiger partial charge in [-0.25, -0.2) is 9.09 Å². The highest BCUT2D eigenvalue weighted by atomic mass is 31.2. The molecule has 7 N–H and O–H groups in total. The van der Waals surface area contributed by atoms with E-state index in [1.807, 2.05) is 0 Å². The molecule has 1 rings (SSSR count). The molecule has 0 aromatic rings. The Morgan fingerprint density at radius 2 is 1.90 bits per heavy atom. The summed E-state index contributed by atoms with van der Waals surface area (Å²) in [5.74, 6) is -3.44. The lowest BCUT2D eigenvalue weighted by molar-refractivity contribution is -0.430. The molecule has 0 aromatic carbocycles. The van der Waals surface area contributed by atoms with Crippen molar-refractivity contribution in [1.82, 2.24) is 0 Å². The number of phosphoric ester groups is 1. The molecule has 116 valence electrons. The van der Waals surface area contributed by atoms with Crippen LogP contribution < -0.4 is 0 Å². The minimum atomic E-state index is -5.37. The number of nitrogens with zero attached hydrogens (tertiary/aromatic N) is 3. The number of ether oxygens (including phenoxy) is 1. The number of rotatable bonds is 4. The summed E-state index contributed by atoms with van der Waals surface area (Å²) in [6, 6.07) is 0. The van der Waals surface area contributed by atoms with Gasteiger partial charge in [0.1, 0.15) is 18.3 Å². The minimum absolute atomic E-state index is 2.01. The van der Waals surface area contributed by atoms with Gasteiger partial charge < -0.3 is 40.1 Å². The van der Waals surface area contributed by atoms with Gasteiger partial charge in [-0.3, -0.25) is 0 Å². The predicted molar refractivity (Wildman–Crippen MR) is 56.1 cm³/mol. The van der Waals surface area contributed by atoms with E-state index in [1.54, 1.807) is 0 Å². The van der Waals surface area contributed by atoms with Crippen molar-refractivity contribution in [2.45, 2.75) is 36.6 Å². The zero-order chi connectivity index (χ0) is 15.7. The molecule has 0 spiro atoms. The average molecular weight is 317 g/mol. The van der Waals surface area contributed by atoms with Gasteiger partial charge in [-0.2, -0.15) is 0 Å². The number of aliphatic hydroxyl groups excluding tert-OH is 4. The molecule has 1 aliphatic rings. The number of hydrogen-bond donors (Lipinski definition) is 7. The minimum Gasteiger partial charge on any atom is -0.387 e. The van der Waals surface area contributed by atoms with Gasteiger partial charge in [0.05, 0.1) is 0 Å². The Hall–Kier alpha value is -0.820. The van der Waals surface area contributed by atoms with Crippen molar-refractivity contribution in [3.8, 4) is 0 Å². The summed E-state index contributed by atoms with van der Waals surface area (Å²) in [6.45, 7) is 0. The van der Waals surface area contributed by atoms with Crippen molar-refractivity contribution in [3.05, 3.63) is 10.4 Å². The third kappa shape index (κ3) is 3.63.